The van der Waals surface area contributed by atoms with Crippen LogP contribution < -0.4 is 11.1 Å². The monoisotopic (exact) mass is 254 g/mol. The zero-order valence-corrected chi connectivity index (χ0v) is 10.2. The maximum Gasteiger partial charge on any atom is 0.353 e. The molecular weight excluding hydrogens is 240 g/mol. The van der Waals surface area contributed by atoms with Gasteiger partial charge in [-0.15, -0.1) is 0 Å². The normalized spacial score (nSPS) is 11.7. The number of nitrogens with zero attached hydrogens (tertiary/aromatic N) is 4. The summed E-state index contributed by atoms with van der Waals surface area (Å²) in [4.78, 5) is 30.4. The second kappa shape index (κ2) is 5.25. The summed E-state index contributed by atoms with van der Waals surface area (Å²) in [5, 5.41) is 13.5. The van der Waals surface area contributed by atoms with Crippen LogP contribution in [0.5, 0.6) is 0 Å². The third-order valence-electron chi connectivity index (χ3n) is 2.20. The minimum absolute atomic E-state index is 0.0739. The van der Waals surface area contributed by atoms with Gasteiger partial charge in [0.05, 0.1) is 4.92 Å². The SMILES string of the molecule is CC(Nc1ncnc(N)c1[N+](=O)[O-])C(=O)N(C)C. The highest BCUT2D eigenvalue weighted by Gasteiger charge is 2.24. The maximum absolute atomic E-state index is 11.6. The molecule has 1 heterocycles. The number of anilines is 2. The number of hydrogen-bond donors (Lipinski definition) is 2. The molecule has 9 nitrogen and oxygen atoms in total. The molecule has 1 unspecified atom stereocenters. The Balaban J connectivity index is 3.01. The molecule has 1 atom stereocenters. The first-order valence-corrected chi connectivity index (χ1v) is 5.07. The number of rotatable bonds is 4. The molecule has 0 fully saturated rings. The lowest BCUT2D eigenvalue weighted by atomic mass is 10.3. The van der Waals surface area contributed by atoms with Crippen molar-refractivity contribution in [3.05, 3.63) is 16.4 Å². The predicted molar refractivity (Wildman–Crippen MR) is 64.9 cm³/mol. The van der Waals surface area contributed by atoms with E-state index >= 15 is 0 Å². The van der Waals surface area contributed by atoms with E-state index in [1.807, 2.05) is 0 Å². The molecule has 3 N–H and O–H groups in total. The zero-order valence-electron chi connectivity index (χ0n) is 10.2. The van der Waals surface area contributed by atoms with Gasteiger partial charge in [-0.05, 0) is 6.92 Å². The predicted octanol–water partition coefficient (Wildman–Crippen LogP) is -0.144. The lowest BCUT2D eigenvalue weighted by Crippen LogP contribution is -2.37. The van der Waals surface area contributed by atoms with Gasteiger partial charge in [0.15, 0.2) is 0 Å². The van der Waals surface area contributed by atoms with Crippen molar-refractivity contribution in [2.75, 3.05) is 25.1 Å². The molecule has 0 bridgehead atoms. The van der Waals surface area contributed by atoms with E-state index in [0.29, 0.717) is 0 Å². The van der Waals surface area contributed by atoms with Crippen LogP contribution in [0.25, 0.3) is 0 Å². The average Bonchev–Trinajstić information content (AvgIpc) is 2.27. The average molecular weight is 254 g/mol. The second-order valence-electron chi connectivity index (χ2n) is 3.81. The lowest BCUT2D eigenvalue weighted by Gasteiger charge is -2.18. The second-order valence-corrected chi connectivity index (χ2v) is 3.81. The van der Waals surface area contributed by atoms with E-state index in [-0.39, 0.29) is 17.5 Å². The molecule has 0 aliphatic carbocycles. The van der Waals surface area contributed by atoms with Crippen molar-refractivity contribution >= 4 is 23.2 Å². The van der Waals surface area contributed by atoms with E-state index < -0.39 is 16.7 Å². The number of nitrogens with two attached hydrogens (primary N) is 1. The Kier molecular flexibility index (Phi) is 3.97. The first kappa shape index (κ1) is 13.6. The fourth-order valence-electron chi connectivity index (χ4n) is 1.33. The topological polar surface area (TPSA) is 127 Å². The Morgan fingerprint density at radius 1 is 1.56 bits per heavy atom. The summed E-state index contributed by atoms with van der Waals surface area (Å²) in [5.74, 6) is -0.557. The Morgan fingerprint density at radius 3 is 2.67 bits per heavy atom. The van der Waals surface area contributed by atoms with Crippen molar-refractivity contribution in [2.24, 2.45) is 0 Å². The van der Waals surface area contributed by atoms with Crippen LogP contribution in [-0.2, 0) is 4.79 Å². The summed E-state index contributed by atoms with van der Waals surface area (Å²) in [7, 11) is 3.17. The summed E-state index contributed by atoms with van der Waals surface area (Å²) in [6.45, 7) is 1.57. The minimum atomic E-state index is -0.690. The largest absolute Gasteiger partial charge is 0.378 e. The van der Waals surface area contributed by atoms with Crippen molar-refractivity contribution < 1.29 is 9.72 Å². The van der Waals surface area contributed by atoms with Gasteiger partial charge in [0.2, 0.25) is 17.5 Å². The molecule has 18 heavy (non-hydrogen) atoms. The molecule has 1 amide bonds. The molecule has 0 radical (unpaired) electrons. The van der Waals surface area contributed by atoms with Crippen LogP contribution in [0.15, 0.2) is 6.33 Å². The smallest absolute Gasteiger partial charge is 0.353 e. The number of nitro groups is 1. The number of likely N-dealkylation sites (N-methyl/N-ethyl adjacent to an activating group) is 1. The van der Waals surface area contributed by atoms with Gasteiger partial charge in [-0.3, -0.25) is 14.9 Å². The number of carbonyl (C=O) groups is 1. The van der Waals surface area contributed by atoms with E-state index in [0.717, 1.165) is 6.33 Å². The van der Waals surface area contributed by atoms with Gasteiger partial charge in [0.1, 0.15) is 12.4 Å². The maximum atomic E-state index is 11.6. The van der Waals surface area contributed by atoms with E-state index in [4.69, 9.17) is 5.73 Å². The fourth-order valence-corrected chi connectivity index (χ4v) is 1.33. The van der Waals surface area contributed by atoms with Crippen LogP contribution in [0, 0.1) is 10.1 Å². The minimum Gasteiger partial charge on any atom is -0.378 e. The number of nitrogens with one attached hydrogen (secondary N) is 1. The Morgan fingerprint density at radius 2 is 2.17 bits per heavy atom. The quantitative estimate of drug-likeness (QED) is 0.565. The molecule has 0 aliphatic heterocycles. The third kappa shape index (κ3) is 2.81. The van der Waals surface area contributed by atoms with Gasteiger partial charge < -0.3 is 16.0 Å². The van der Waals surface area contributed by atoms with Crippen molar-refractivity contribution in [1.82, 2.24) is 14.9 Å². The van der Waals surface area contributed by atoms with Crippen LogP contribution in [-0.4, -0.2) is 45.8 Å². The molecule has 1 rings (SSSR count). The van der Waals surface area contributed by atoms with Gasteiger partial charge in [-0.25, -0.2) is 9.97 Å². The summed E-state index contributed by atoms with van der Waals surface area (Å²) in [6.07, 6.45) is 1.09. The standard InChI is InChI=1S/C9H14N6O3/c1-5(9(16)14(2)3)13-8-6(15(17)18)7(10)11-4-12-8/h4-5H,1-3H3,(H3,10,11,12,13). The van der Waals surface area contributed by atoms with E-state index in [1.54, 1.807) is 21.0 Å². The molecule has 0 saturated heterocycles. The van der Waals surface area contributed by atoms with E-state index in [9.17, 15) is 14.9 Å². The fraction of sp³-hybridized carbons (Fsp3) is 0.444. The number of nitrogen functional groups attached to an aromatic ring is 1. The van der Waals surface area contributed by atoms with Gasteiger partial charge in [0.25, 0.3) is 0 Å². The number of carbonyl (C=O) groups excluding carboxylic acids is 1. The van der Waals surface area contributed by atoms with E-state index in [1.165, 1.54) is 4.90 Å². The van der Waals surface area contributed by atoms with Gasteiger partial charge in [0, 0.05) is 14.1 Å². The number of aromatic nitrogens is 2. The van der Waals surface area contributed by atoms with Crippen molar-refractivity contribution in [3.63, 3.8) is 0 Å². The van der Waals surface area contributed by atoms with Crippen LogP contribution in [0.1, 0.15) is 6.92 Å². The molecule has 9 heteroatoms. The summed E-state index contributed by atoms with van der Waals surface area (Å²) in [5.41, 5.74) is 4.97. The molecule has 0 aromatic carbocycles. The Labute approximate surface area is 103 Å². The van der Waals surface area contributed by atoms with Crippen LogP contribution in [0.4, 0.5) is 17.3 Å². The number of amides is 1. The Bertz CT molecular complexity index is 475. The van der Waals surface area contributed by atoms with Crippen molar-refractivity contribution in [2.45, 2.75) is 13.0 Å². The highest BCUT2D eigenvalue weighted by Crippen LogP contribution is 2.26. The molecule has 1 aromatic rings. The highest BCUT2D eigenvalue weighted by atomic mass is 16.6. The first-order valence-electron chi connectivity index (χ1n) is 5.07. The highest BCUT2D eigenvalue weighted by molar-refractivity contribution is 5.84. The van der Waals surface area contributed by atoms with Gasteiger partial charge in [-0.1, -0.05) is 0 Å². The summed E-state index contributed by atoms with van der Waals surface area (Å²) >= 11 is 0. The van der Waals surface area contributed by atoms with Crippen LogP contribution >= 0.6 is 0 Å². The molecule has 0 saturated carbocycles. The van der Waals surface area contributed by atoms with Gasteiger partial charge in [-0.2, -0.15) is 0 Å². The van der Waals surface area contributed by atoms with Crippen molar-refractivity contribution in [3.8, 4) is 0 Å². The molecule has 1 aromatic heterocycles. The molecule has 0 spiro atoms. The van der Waals surface area contributed by atoms with Crippen LogP contribution in [0.3, 0.4) is 0 Å². The first-order chi connectivity index (χ1) is 8.34. The molecule has 0 aliphatic rings. The van der Waals surface area contributed by atoms with Crippen LogP contribution in [0.2, 0.25) is 0 Å². The molecule has 98 valence electrons. The van der Waals surface area contributed by atoms with Gasteiger partial charge >= 0.3 is 5.69 Å². The Hall–Kier alpha value is -2.45. The van der Waals surface area contributed by atoms with Crippen molar-refractivity contribution in [1.29, 1.82) is 0 Å². The lowest BCUT2D eigenvalue weighted by molar-refractivity contribution is -0.383. The third-order valence-corrected chi connectivity index (χ3v) is 2.20. The van der Waals surface area contributed by atoms with E-state index in [2.05, 4.69) is 15.3 Å². The zero-order chi connectivity index (χ0) is 13.9. The number of hydrogen-bond acceptors (Lipinski definition) is 7. The summed E-state index contributed by atoms with van der Waals surface area (Å²) in [6, 6.07) is -0.659. The summed E-state index contributed by atoms with van der Waals surface area (Å²) < 4.78 is 0. The molecular formula is C9H14N6O3.